The van der Waals surface area contributed by atoms with Crippen LogP contribution in [0.2, 0.25) is 0 Å². The van der Waals surface area contributed by atoms with Gasteiger partial charge in [0, 0.05) is 17.5 Å². The van der Waals surface area contributed by atoms with Crippen LogP contribution in [-0.2, 0) is 6.54 Å². The van der Waals surface area contributed by atoms with Crippen molar-refractivity contribution in [3.8, 4) is 5.75 Å². The Labute approximate surface area is 194 Å². The number of ketones is 1. The Morgan fingerprint density at radius 2 is 1.76 bits per heavy atom. The Balaban J connectivity index is 1.90. The predicted octanol–water partition coefficient (Wildman–Crippen LogP) is 3.61. The molecule has 7 nitrogen and oxygen atoms in total. The Kier molecular flexibility index (Phi) is 6.05. The molecule has 0 aliphatic heterocycles. The number of carbonyl (C=O) groups is 2. The number of methoxy groups -OCH3 is 1. The minimum atomic E-state index is -1.09. The van der Waals surface area contributed by atoms with E-state index in [0.717, 1.165) is 16.7 Å². The number of ether oxygens (including phenoxy) is 1. The van der Waals surface area contributed by atoms with Crippen molar-refractivity contribution in [3.05, 3.63) is 75.4 Å². The molecule has 0 radical (unpaired) electrons. The molecule has 2 N–H and O–H groups in total. The van der Waals surface area contributed by atoms with Gasteiger partial charge in [0.05, 0.1) is 29.5 Å². The average molecular weight is 465 g/mol. The maximum atomic E-state index is 13.6. The van der Waals surface area contributed by atoms with Crippen molar-refractivity contribution in [1.29, 1.82) is 0 Å². The van der Waals surface area contributed by atoms with E-state index in [-0.39, 0.29) is 34.9 Å². The van der Waals surface area contributed by atoms with Gasteiger partial charge in [0.2, 0.25) is 0 Å². The van der Waals surface area contributed by atoms with Crippen LogP contribution in [0.25, 0.3) is 21.0 Å². The van der Waals surface area contributed by atoms with Gasteiger partial charge in [0.1, 0.15) is 10.3 Å². The lowest BCUT2D eigenvalue weighted by Gasteiger charge is -2.17. The standard InChI is InChI=1S/C25H24N2O5S/c1-25(2,31)14-26-23(29)22-20(32-3)19-21(33-22)16-11-7-8-12-17(16)27(24(19)30)13-18(28)15-9-5-4-6-10-15/h4-12,31H,13-14H2,1-3H3,(H,26,29). The van der Waals surface area contributed by atoms with Gasteiger partial charge in [-0.3, -0.25) is 19.0 Å². The van der Waals surface area contributed by atoms with Crippen LogP contribution in [-0.4, -0.2) is 40.6 Å². The van der Waals surface area contributed by atoms with Crippen LogP contribution in [0.15, 0.2) is 59.4 Å². The van der Waals surface area contributed by atoms with Crippen LogP contribution in [0, 0.1) is 0 Å². The zero-order valence-electron chi connectivity index (χ0n) is 18.5. The monoisotopic (exact) mass is 464 g/mol. The van der Waals surface area contributed by atoms with Gasteiger partial charge in [0.15, 0.2) is 11.5 Å². The lowest BCUT2D eigenvalue weighted by molar-refractivity contribution is 0.0695. The molecule has 0 atom stereocenters. The second-order valence-electron chi connectivity index (χ2n) is 8.36. The highest BCUT2D eigenvalue weighted by Gasteiger charge is 2.26. The number of nitrogens with one attached hydrogen (secondary N) is 1. The molecule has 4 rings (SSSR count). The number of nitrogens with zero attached hydrogens (tertiary/aromatic N) is 1. The molecular formula is C25H24N2O5S. The number of fused-ring (bicyclic) bond motifs is 3. The van der Waals surface area contributed by atoms with Crippen molar-refractivity contribution in [2.75, 3.05) is 13.7 Å². The van der Waals surface area contributed by atoms with Crippen molar-refractivity contribution in [2.45, 2.75) is 26.0 Å². The van der Waals surface area contributed by atoms with E-state index in [1.165, 1.54) is 11.7 Å². The highest BCUT2D eigenvalue weighted by atomic mass is 32.1. The first-order valence-corrected chi connectivity index (χ1v) is 11.2. The number of rotatable bonds is 7. The number of aromatic nitrogens is 1. The number of para-hydroxylation sites is 1. The van der Waals surface area contributed by atoms with E-state index in [0.29, 0.717) is 15.8 Å². The number of pyridine rings is 1. The Morgan fingerprint density at radius 1 is 1.09 bits per heavy atom. The zero-order valence-corrected chi connectivity index (χ0v) is 19.4. The number of thiophene rings is 1. The van der Waals surface area contributed by atoms with E-state index in [4.69, 9.17) is 4.74 Å². The first-order chi connectivity index (χ1) is 15.7. The van der Waals surface area contributed by atoms with Gasteiger partial charge >= 0.3 is 0 Å². The second kappa shape index (κ2) is 8.80. The number of hydrogen-bond acceptors (Lipinski definition) is 6. The summed E-state index contributed by atoms with van der Waals surface area (Å²) in [5, 5.41) is 13.6. The molecule has 2 aromatic carbocycles. The fourth-order valence-electron chi connectivity index (χ4n) is 3.68. The fraction of sp³-hybridized carbons (Fsp3) is 0.240. The van der Waals surface area contributed by atoms with E-state index in [1.54, 1.807) is 50.2 Å². The summed E-state index contributed by atoms with van der Waals surface area (Å²) in [7, 11) is 1.41. The molecule has 0 aliphatic rings. The molecule has 0 spiro atoms. The molecule has 2 aromatic heterocycles. The lowest BCUT2D eigenvalue weighted by atomic mass is 10.1. The normalized spacial score (nSPS) is 11.6. The largest absolute Gasteiger partial charge is 0.494 e. The molecular weight excluding hydrogens is 440 g/mol. The van der Waals surface area contributed by atoms with Crippen molar-refractivity contribution in [2.24, 2.45) is 0 Å². The number of amides is 1. The molecule has 0 bridgehead atoms. The van der Waals surface area contributed by atoms with Gasteiger partial charge in [-0.15, -0.1) is 11.3 Å². The Bertz CT molecular complexity index is 1410. The maximum absolute atomic E-state index is 13.6. The second-order valence-corrected chi connectivity index (χ2v) is 9.38. The fourth-order valence-corrected chi connectivity index (χ4v) is 4.89. The predicted molar refractivity (Wildman–Crippen MR) is 130 cm³/mol. The van der Waals surface area contributed by atoms with Crippen LogP contribution in [0.3, 0.4) is 0 Å². The van der Waals surface area contributed by atoms with E-state index < -0.39 is 17.1 Å². The van der Waals surface area contributed by atoms with E-state index >= 15 is 0 Å². The smallest absolute Gasteiger partial charge is 0.265 e. The average Bonchev–Trinajstić information content (AvgIpc) is 3.20. The SMILES string of the molecule is COc1c(C(=O)NCC(C)(C)O)sc2c1c(=O)n(CC(=O)c1ccccc1)c1ccccc21. The molecule has 2 heterocycles. The van der Waals surface area contributed by atoms with Crippen LogP contribution < -0.4 is 15.6 Å². The molecule has 0 aliphatic carbocycles. The number of hydrogen-bond donors (Lipinski definition) is 2. The molecule has 8 heteroatoms. The van der Waals surface area contributed by atoms with Gasteiger partial charge in [-0.25, -0.2) is 0 Å². The quantitative estimate of drug-likeness (QED) is 0.407. The van der Waals surface area contributed by atoms with Crippen molar-refractivity contribution < 1.29 is 19.4 Å². The molecule has 170 valence electrons. The third kappa shape index (κ3) is 4.40. The number of aliphatic hydroxyl groups is 1. The summed E-state index contributed by atoms with van der Waals surface area (Å²) in [6.45, 7) is 3.08. The van der Waals surface area contributed by atoms with Gasteiger partial charge in [0.25, 0.3) is 11.5 Å². The summed E-state index contributed by atoms with van der Waals surface area (Å²) in [4.78, 5) is 39.6. The molecule has 0 unspecified atom stereocenters. The number of benzene rings is 2. The van der Waals surface area contributed by atoms with E-state index in [2.05, 4.69) is 5.32 Å². The van der Waals surface area contributed by atoms with Crippen molar-refractivity contribution in [1.82, 2.24) is 9.88 Å². The van der Waals surface area contributed by atoms with Crippen LogP contribution in [0.1, 0.15) is 33.9 Å². The first kappa shape index (κ1) is 22.7. The van der Waals surface area contributed by atoms with Crippen LogP contribution in [0.4, 0.5) is 0 Å². The van der Waals surface area contributed by atoms with Gasteiger partial charge in [-0.2, -0.15) is 0 Å². The molecule has 33 heavy (non-hydrogen) atoms. The lowest BCUT2D eigenvalue weighted by Crippen LogP contribution is -2.38. The van der Waals surface area contributed by atoms with Crippen LogP contribution in [0.5, 0.6) is 5.75 Å². The summed E-state index contributed by atoms with van der Waals surface area (Å²) < 4.78 is 7.56. The van der Waals surface area contributed by atoms with Gasteiger partial charge in [-0.05, 0) is 19.9 Å². The number of Topliss-reactive ketones (excluding diaryl/α,β-unsaturated/α-hetero) is 1. The Morgan fingerprint density at radius 3 is 2.42 bits per heavy atom. The summed E-state index contributed by atoms with van der Waals surface area (Å²) in [6.07, 6.45) is 0. The van der Waals surface area contributed by atoms with E-state index in [1.807, 2.05) is 18.2 Å². The topological polar surface area (TPSA) is 97.6 Å². The van der Waals surface area contributed by atoms with Crippen molar-refractivity contribution in [3.63, 3.8) is 0 Å². The Hall–Kier alpha value is -3.49. The highest BCUT2D eigenvalue weighted by molar-refractivity contribution is 7.22. The van der Waals surface area contributed by atoms with Crippen LogP contribution >= 0.6 is 11.3 Å². The molecule has 0 saturated carbocycles. The summed E-state index contributed by atoms with van der Waals surface area (Å²) in [6, 6.07) is 16.1. The minimum Gasteiger partial charge on any atom is -0.494 e. The van der Waals surface area contributed by atoms with Gasteiger partial charge < -0.3 is 15.2 Å². The maximum Gasteiger partial charge on any atom is 0.265 e. The number of carbonyl (C=O) groups excluding carboxylic acids is 2. The highest BCUT2D eigenvalue weighted by Crippen LogP contribution is 2.39. The first-order valence-electron chi connectivity index (χ1n) is 10.4. The van der Waals surface area contributed by atoms with Crippen molar-refractivity contribution >= 4 is 44.0 Å². The van der Waals surface area contributed by atoms with E-state index in [9.17, 15) is 19.5 Å². The molecule has 4 aromatic rings. The minimum absolute atomic E-state index is 0.0415. The molecule has 1 amide bonds. The molecule has 0 fully saturated rings. The van der Waals surface area contributed by atoms with Gasteiger partial charge in [-0.1, -0.05) is 48.5 Å². The third-order valence-electron chi connectivity index (χ3n) is 5.25. The third-order valence-corrected chi connectivity index (χ3v) is 6.46. The summed E-state index contributed by atoms with van der Waals surface area (Å²) >= 11 is 1.16. The summed E-state index contributed by atoms with van der Waals surface area (Å²) in [5.41, 5.74) is -0.372. The summed E-state index contributed by atoms with van der Waals surface area (Å²) in [5.74, 6) is -0.468. The zero-order chi connectivity index (χ0) is 23.8. The molecule has 0 saturated heterocycles.